The van der Waals surface area contributed by atoms with Crippen molar-refractivity contribution in [1.82, 2.24) is 4.90 Å². The lowest BCUT2D eigenvalue weighted by atomic mass is 9.70. The van der Waals surface area contributed by atoms with Gasteiger partial charge in [-0.3, -0.25) is 0 Å². The van der Waals surface area contributed by atoms with Gasteiger partial charge in [0.2, 0.25) is 0 Å². The van der Waals surface area contributed by atoms with E-state index in [0.717, 1.165) is 17.8 Å². The van der Waals surface area contributed by atoms with Crippen molar-refractivity contribution in [2.45, 2.75) is 90.1 Å². The first-order valence-corrected chi connectivity index (χ1v) is 12.1. The number of esters is 1. The first-order chi connectivity index (χ1) is 14.0. The van der Waals surface area contributed by atoms with E-state index in [4.69, 9.17) is 9.47 Å². The first-order valence-electron chi connectivity index (χ1n) is 12.1. The highest BCUT2D eigenvalue weighted by Gasteiger charge is 2.31. The van der Waals surface area contributed by atoms with E-state index in [0.29, 0.717) is 31.4 Å². The standard InChI is InChI=1S/C25H45NO3/c1-5-6-7-8-21-9-11-22(12-10-21)23-13-15-24(16-14-23)28-17-18-29-25(27)20(2)19-26(3)4/h21-24H,2,5-19H2,1,3-4H3. The SMILES string of the molecule is C=C(CN(C)C)C(=O)OCCOC1CCC(C2CCC(CCCCC)CC2)CC1. The van der Waals surface area contributed by atoms with Gasteiger partial charge in [-0.1, -0.05) is 52.0 Å². The van der Waals surface area contributed by atoms with Crippen molar-refractivity contribution < 1.29 is 14.3 Å². The molecule has 0 heterocycles. The van der Waals surface area contributed by atoms with Gasteiger partial charge in [-0.15, -0.1) is 0 Å². The van der Waals surface area contributed by atoms with Gasteiger partial charge in [-0.05, 0) is 70.4 Å². The zero-order valence-corrected chi connectivity index (χ0v) is 19.3. The molecule has 0 aromatic rings. The van der Waals surface area contributed by atoms with Gasteiger partial charge in [0.25, 0.3) is 0 Å². The third kappa shape index (κ3) is 9.21. The number of carbonyl (C=O) groups excluding carboxylic acids is 1. The minimum atomic E-state index is -0.309. The lowest BCUT2D eigenvalue weighted by Gasteiger charge is -2.37. The Labute approximate surface area is 179 Å². The van der Waals surface area contributed by atoms with Crippen LogP contribution in [0.2, 0.25) is 0 Å². The van der Waals surface area contributed by atoms with Gasteiger partial charge in [-0.2, -0.15) is 0 Å². The van der Waals surface area contributed by atoms with Crippen LogP contribution in [0.15, 0.2) is 12.2 Å². The van der Waals surface area contributed by atoms with Gasteiger partial charge < -0.3 is 14.4 Å². The second-order valence-corrected chi connectivity index (χ2v) is 9.66. The highest BCUT2D eigenvalue weighted by atomic mass is 16.6. The number of hydrogen-bond donors (Lipinski definition) is 0. The molecule has 168 valence electrons. The van der Waals surface area contributed by atoms with Crippen molar-refractivity contribution >= 4 is 5.97 Å². The Morgan fingerprint density at radius 3 is 2.14 bits per heavy atom. The maximum atomic E-state index is 11.8. The molecule has 4 heteroatoms. The van der Waals surface area contributed by atoms with Crippen molar-refractivity contribution in [1.29, 1.82) is 0 Å². The third-order valence-corrected chi connectivity index (χ3v) is 6.96. The molecular weight excluding hydrogens is 362 g/mol. The molecule has 0 bridgehead atoms. The molecule has 0 aromatic carbocycles. The summed E-state index contributed by atoms with van der Waals surface area (Å²) in [6.07, 6.45) is 16.8. The van der Waals surface area contributed by atoms with E-state index >= 15 is 0 Å². The fourth-order valence-electron chi connectivity index (χ4n) is 5.26. The summed E-state index contributed by atoms with van der Waals surface area (Å²) >= 11 is 0. The second-order valence-electron chi connectivity index (χ2n) is 9.66. The Morgan fingerprint density at radius 2 is 1.55 bits per heavy atom. The van der Waals surface area contributed by atoms with E-state index in [9.17, 15) is 4.79 Å². The van der Waals surface area contributed by atoms with E-state index < -0.39 is 0 Å². The maximum absolute atomic E-state index is 11.8. The molecule has 0 aromatic heterocycles. The largest absolute Gasteiger partial charge is 0.460 e. The zero-order valence-electron chi connectivity index (χ0n) is 19.3. The smallest absolute Gasteiger partial charge is 0.334 e. The van der Waals surface area contributed by atoms with Crippen LogP contribution in [0, 0.1) is 17.8 Å². The van der Waals surface area contributed by atoms with Crippen LogP contribution >= 0.6 is 0 Å². The van der Waals surface area contributed by atoms with Gasteiger partial charge in [0.1, 0.15) is 6.61 Å². The number of ether oxygens (including phenoxy) is 2. The number of carbonyl (C=O) groups is 1. The fourth-order valence-corrected chi connectivity index (χ4v) is 5.26. The minimum Gasteiger partial charge on any atom is -0.460 e. The Hall–Kier alpha value is -0.870. The van der Waals surface area contributed by atoms with Crippen molar-refractivity contribution in [2.75, 3.05) is 33.9 Å². The van der Waals surface area contributed by atoms with Gasteiger partial charge in [0.05, 0.1) is 12.7 Å². The van der Waals surface area contributed by atoms with Crippen LogP contribution < -0.4 is 0 Å². The minimum absolute atomic E-state index is 0.309. The summed E-state index contributed by atoms with van der Waals surface area (Å²) in [6.45, 7) is 7.44. The van der Waals surface area contributed by atoms with Crippen molar-refractivity contribution in [3.8, 4) is 0 Å². The molecule has 0 radical (unpaired) electrons. The first kappa shape index (κ1) is 24.4. The molecule has 0 saturated heterocycles. The lowest BCUT2D eigenvalue weighted by Crippen LogP contribution is -2.29. The van der Waals surface area contributed by atoms with Crippen molar-refractivity contribution in [3.05, 3.63) is 12.2 Å². The summed E-state index contributed by atoms with van der Waals surface area (Å²) < 4.78 is 11.3. The van der Waals surface area contributed by atoms with Crippen LogP contribution in [0.3, 0.4) is 0 Å². The molecule has 2 saturated carbocycles. The normalized spacial score (nSPS) is 27.7. The fraction of sp³-hybridized carbons (Fsp3) is 0.880. The summed E-state index contributed by atoms with van der Waals surface area (Å²) in [5, 5.41) is 0. The van der Waals surface area contributed by atoms with E-state index in [1.165, 1.54) is 77.0 Å². The molecule has 0 aliphatic heterocycles. The van der Waals surface area contributed by atoms with Crippen LogP contribution in [-0.4, -0.2) is 50.8 Å². The van der Waals surface area contributed by atoms with Crippen LogP contribution in [0.4, 0.5) is 0 Å². The average Bonchev–Trinajstić information content (AvgIpc) is 2.72. The van der Waals surface area contributed by atoms with E-state index in [-0.39, 0.29) is 5.97 Å². The predicted molar refractivity (Wildman–Crippen MR) is 120 cm³/mol. The highest BCUT2D eigenvalue weighted by molar-refractivity contribution is 5.88. The topological polar surface area (TPSA) is 38.8 Å². The molecule has 0 unspecified atom stereocenters. The van der Waals surface area contributed by atoms with Crippen molar-refractivity contribution in [2.24, 2.45) is 17.8 Å². The molecule has 2 aliphatic rings. The van der Waals surface area contributed by atoms with Crippen LogP contribution in [-0.2, 0) is 14.3 Å². The van der Waals surface area contributed by atoms with Crippen LogP contribution in [0.5, 0.6) is 0 Å². The molecule has 0 atom stereocenters. The average molecular weight is 408 g/mol. The number of nitrogens with zero attached hydrogens (tertiary/aromatic N) is 1. The molecule has 0 N–H and O–H groups in total. The zero-order chi connectivity index (χ0) is 21.1. The molecule has 2 rings (SSSR count). The van der Waals surface area contributed by atoms with Crippen LogP contribution in [0.25, 0.3) is 0 Å². The third-order valence-electron chi connectivity index (χ3n) is 6.96. The summed E-state index contributed by atoms with van der Waals surface area (Å²) in [6, 6.07) is 0. The summed E-state index contributed by atoms with van der Waals surface area (Å²) in [4.78, 5) is 13.8. The van der Waals surface area contributed by atoms with Gasteiger partial charge >= 0.3 is 5.97 Å². The van der Waals surface area contributed by atoms with Gasteiger partial charge in [-0.25, -0.2) is 4.79 Å². The van der Waals surface area contributed by atoms with Crippen LogP contribution in [0.1, 0.15) is 84.0 Å². The number of unbranched alkanes of at least 4 members (excludes halogenated alkanes) is 2. The van der Waals surface area contributed by atoms with Gasteiger partial charge in [0.15, 0.2) is 0 Å². The molecule has 0 spiro atoms. The number of likely N-dealkylation sites (N-methyl/N-ethyl adjacent to an activating group) is 1. The molecule has 2 fully saturated rings. The molecule has 4 nitrogen and oxygen atoms in total. The molecular formula is C25H45NO3. The Bertz CT molecular complexity index is 474. The monoisotopic (exact) mass is 407 g/mol. The van der Waals surface area contributed by atoms with E-state index in [2.05, 4.69) is 13.5 Å². The second kappa shape index (κ2) is 13.4. The summed E-state index contributed by atoms with van der Waals surface area (Å²) in [5.41, 5.74) is 0.496. The number of hydrogen-bond acceptors (Lipinski definition) is 4. The number of rotatable bonds is 12. The van der Waals surface area contributed by atoms with E-state index in [1.807, 2.05) is 19.0 Å². The van der Waals surface area contributed by atoms with E-state index in [1.54, 1.807) is 0 Å². The Kier molecular flexibility index (Phi) is 11.3. The highest BCUT2D eigenvalue weighted by Crippen LogP contribution is 2.41. The Morgan fingerprint density at radius 1 is 0.931 bits per heavy atom. The van der Waals surface area contributed by atoms with Gasteiger partial charge in [0, 0.05) is 12.1 Å². The maximum Gasteiger partial charge on any atom is 0.334 e. The molecule has 0 amide bonds. The summed E-state index contributed by atoms with van der Waals surface area (Å²) in [7, 11) is 3.83. The Balaban J connectivity index is 1.53. The van der Waals surface area contributed by atoms with Crippen molar-refractivity contribution in [3.63, 3.8) is 0 Å². The molecule has 2 aliphatic carbocycles. The summed E-state index contributed by atoms with van der Waals surface area (Å²) in [5.74, 6) is 2.57. The lowest BCUT2D eigenvalue weighted by molar-refractivity contribution is -0.141. The molecule has 29 heavy (non-hydrogen) atoms. The quantitative estimate of drug-likeness (QED) is 0.239. The predicted octanol–water partition coefficient (Wildman–Crippen LogP) is 5.61.